The molecule has 3 atom stereocenters. The Morgan fingerprint density at radius 3 is 3.15 bits per heavy atom. The monoisotopic (exact) mass is 410 g/mol. The van der Waals surface area contributed by atoms with Crippen molar-refractivity contribution in [1.29, 1.82) is 0 Å². The summed E-state index contributed by atoms with van der Waals surface area (Å²) in [7, 11) is -0.0283. The largest absolute Gasteiger partial charge is 0.432 e. The summed E-state index contributed by atoms with van der Waals surface area (Å²) in [5.41, 5.74) is 0.743. The van der Waals surface area contributed by atoms with Crippen molar-refractivity contribution in [1.82, 2.24) is 30.9 Å². The summed E-state index contributed by atoms with van der Waals surface area (Å²) in [6.07, 6.45) is 6.04. The SMILES string of the molecule is O=C(CCCCC1SCC2NC(=O)NC21)NCc1cn(CCC[Si]O)nn1. The molecule has 2 fully saturated rings. The zero-order valence-corrected chi connectivity index (χ0v) is 17.0. The average Bonchev–Trinajstić information content (AvgIpc) is 3.34. The first-order valence-corrected chi connectivity index (χ1v) is 11.6. The van der Waals surface area contributed by atoms with Gasteiger partial charge in [-0.1, -0.05) is 11.6 Å². The van der Waals surface area contributed by atoms with E-state index in [0.29, 0.717) is 18.2 Å². The van der Waals surface area contributed by atoms with Crippen LogP contribution < -0.4 is 16.0 Å². The standard InChI is InChI=1S/C16H26N6O3SSi/c23-14(17-8-11-9-22(21-20-11)6-3-7-27-25)5-2-1-4-13-15-12(10-26-13)18-16(24)19-15/h9,12-13,15,25H,1-8,10H2,(H,17,23)(H2,18,19,24). The summed E-state index contributed by atoms with van der Waals surface area (Å²) in [5.74, 6) is 0.995. The summed E-state index contributed by atoms with van der Waals surface area (Å²) < 4.78 is 1.74. The molecule has 3 heterocycles. The van der Waals surface area contributed by atoms with Gasteiger partial charge in [0, 0.05) is 24.0 Å². The van der Waals surface area contributed by atoms with Crippen molar-refractivity contribution in [3.05, 3.63) is 11.9 Å². The topological polar surface area (TPSA) is 121 Å². The first-order valence-electron chi connectivity index (χ1n) is 9.37. The Labute approximate surface area is 165 Å². The van der Waals surface area contributed by atoms with Crippen LogP contribution in [0.3, 0.4) is 0 Å². The van der Waals surface area contributed by atoms with E-state index in [4.69, 9.17) is 4.80 Å². The molecular formula is C16H26N6O3SSi. The molecule has 2 saturated heterocycles. The lowest BCUT2D eigenvalue weighted by atomic mass is 10.0. The fraction of sp³-hybridized carbons (Fsp3) is 0.750. The molecule has 9 nitrogen and oxygen atoms in total. The van der Waals surface area contributed by atoms with E-state index in [0.717, 1.165) is 49.7 Å². The van der Waals surface area contributed by atoms with Gasteiger partial charge in [0.15, 0.2) is 0 Å². The van der Waals surface area contributed by atoms with Crippen molar-refractivity contribution in [2.45, 2.75) is 68.6 Å². The van der Waals surface area contributed by atoms with Crippen molar-refractivity contribution in [3.8, 4) is 0 Å². The van der Waals surface area contributed by atoms with E-state index in [9.17, 15) is 9.59 Å². The van der Waals surface area contributed by atoms with Crippen LogP contribution in [-0.2, 0) is 17.9 Å². The van der Waals surface area contributed by atoms with Gasteiger partial charge in [0.2, 0.25) is 15.7 Å². The van der Waals surface area contributed by atoms with Crippen molar-refractivity contribution in [2.75, 3.05) is 5.75 Å². The third kappa shape index (κ3) is 5.94. The lowest BCUT2D eigenvalue weighted by molar-refractivity contribution is -0.121. The highest BCUT2D eigenvalue weighted by Gasteiger charge is 2.42. The molecule has 0 bridgehead atoms. The quantitative estimate of drug-likeness (QED) is 0.232. The summed E-state index contributed by atoms with van der Waals surface area (Å²) in [6, 6.07) is 1.21. The van der Waals surface area contributed by atoms with Crippen molar-refractivity contribution in [2.24, 2.45) is 0 Å². The third-order valence-electron chi connectivity index (χ3n) is 4.81. The maximum Gasteiger partial charge on any atom is 0.315 e. The molecule has 1 aromatic rings. The number of rotatable bonds is 11. The number of aromatic nitrogens is 3. The molecule has 2 aliphatic heterocycles. The fourth-order valence-electron chi connectivity index (χ4n) is 3.40. The Morgan fingerprint density at radius 1 is 1.41 bits per heavy atom. The molecule has 0 aliphatic carbocycles. The van der Waals surface area contributed by atoms with Crippen LogP contribution in [0.5, 0.6) is 0 Å². The van der Waals surface area contributed by atoms with Gasteiger partial charge < -0.3 is 20.7 Å². The van der Waals surface area contributed by atoms with Crippen molar-refractivity contribution < 1.29 is 14.4 Å². The number of hydrogen-bond acceptors (Lipinski definition) is 6. The van der Waals surface area contributed by atoms with Crippen LogP contribution in [-0.4, -0.2) is 64.6 Å². The highest BCUT2D eigenvalue weighted by Crippen LogP contribution is 2.33. The molecule has 27 heavy (non-hydrogen) atoms. The van der Waals surface area contributed by atoms with Gasteiger partial charge in [0.1, 0.15) is 5.69 Å². The Kier molecular flexibility index (Phi) is 7.53. The number of fused-ring (bicyclic) bond motifs is 1. The van der Waals surface area contributed by atoms with E-state index in [1.54, 1.807) is 4.68 Å². The van der Waals surface area contributed by atoms with Crippen LogP contribution in [0.4, 0.5) is 4.79 Å². The summed E-state index contributed by atoms with van der Waals surface area (Å²) in [5, 5.41) is 17.3. The molecule has 3 rings (SSSR count). The van der Waals surface area contributed by atoms with E-state index in [1.807, 2.05) is 18.0 Å². The highest BCUT2D eigenvalue weighted by molar-refractivity contribution is 8.00. The van der Waals surface area contributed by atoms with Crippen LogP contribution in [0.15, 0.2) is 6.20 Å². The predicted octanol–water partition coefficient (Wildman–Crippen LogP) is 0.0400. The molecule has 1 aromatic heterocycles. The van der Waals surface area contributed by atoms with Gasteiger partial charge in [-0.25, -0.2) is 4.79 Å². The van der Waals surface area contributed by atoms with E-state index < -0.39 is 0 Å². The maximum atomic E-state index is 12.0. The molecule has 4 N–H and O–H groups in total. The van der Waals surface area contributed by atoms with Gasteiger partial charge >= 0.3 is 6.03 Å². The number of carbonyl (C=O) groups excluding carboxylic acids is 2. The molecule has 2 aliphatic rings. The number of nitrogens with zero attached hydrogens (tertiary/aromatic N) is 3. The summed E-state index contributed by atoms with van der Waals surface area (Å²) in [6.45, 7) is 1.12. The van der Waals surface area contributed by atoms with E-state index in [1.165, 1.54) is 0 Å². The molecule has 148 valence electrons. The Morgan fingerprint density at radius 2 is 2.30 bits per heavy atom. The lowest BCUT2D eigenvalue weighted by Gasteiger charge is -2.16. The molecule has 0 aromatic carbocycles. The maximum absolute atomic E-state index is 12.0. The molecule has 3 unspecified atom stereocenters. The molecule has 0 saturated carbocycles. The molecule has 3 amide bonds. The minimum atomic E-state index is -0.0552. The lowest BCUT2D eigenvalue weighted by Crippen LogP contribution is -2.36. The van der Waals surface area contributed by atoms with Gasteiger partial charge in [0.05, 0.1) is 24.8 Å². The van der Waals surface area contributed by atoms with Gasteiger partial charge in [-0.2, -0.15) is 11.8 Å². The molecule has 11 heteroatoms. The van der Waals surface area contributed by atoms with Gasteiger partial charge in [0.25, 0.3) is 0 Å². The minimum Gasteiger partial charge on any atom is -0.432 e. The summed E-state index contributed by atoms with van der Waals surface area (Å²) >= 11 is 1.90. The van der Waals surface area contributed by atoms with Gasteiger partial charge in [-0.15, -0.1) is 5.10 Å². The number of unbranched alkanes of at least 4 members (excludes halogenated alkanes) is 1. The number of thioether (sulfide) groups is 1. The zero-order chi connectivity index (χ0) is 19.1. The Bertz CT molecular complexity index is 645. The molecule has 0 spiro atoms. The highest BCUT2D eigenvalue weighted by atomic mass is 32.2. The third-order valence-corrected chi connectivity index (χ3v) is 6.89. The van der Waals surface area contributed by atoms with Crippen molar-refractivity contribution in [3.63, 3.8) is 0 Å². The van der Waals surface area contributed by atoms with Crippen molar-refractivity contribution >= 4 is 33.5 Å². The van der Waals surface area contributed by atoms with E-state index >= 15 is 0 Å². The molecular weight excluding hydrogens is 384 g/mol. The second-order valence-corrected chi connectivity index (χ2v) is 8.97. The first-order chi connectivity index (χ1) is 13.2. The smallest absolute Gasteiger partial charge is 0.315 e. The number of carbonyl (C=O) groups is 2. The normalized spacial score (nSPS) is 23.7. The zero-order valence-electron chi connectivity index (χ0n) is 15.2. The van der Waals surface area contributed by atoms with Crippen LogP contribution in [0.25, 0.3) is 0 Å². The van der Waals surface area contributed by atoms with E-state index in [2.05, 4.69) is 26.3 Å². The molecule has 2 radical (unpaired) electrons. The summed E-state index contributed by atoms with van der Waals surface area (Å²) in [4.78, 5) is 32.2. The first kappa shape index (κ1) is 20.1. The Hall–Kier alpha value is -1.59. The number of urea groups is 1. The second kappa shape index (κ2) is 10.1. The van der Waals surface area contributed by atoms with Crippen LogP contribution in [0.2, 0.25) is 6.04 Å². The number of amides is 3. The number of aryl methyl sites for hydroxylation is 1. The van der Waals surface area contributed by atoms with Crippen LogP contribution >= 0.6 is 11.8 Å². The van der Waals surface area contributed by atoms with Crippen LogP contribution in [0.1, 0.15) is 37.8 Å². The minimum absolute atomic E-state index is 0.0267. The number of hydrogen-bond donors (Lipinski definition) is 4. The van der Waals surface area contributed by atoms with E-state index in [-0.39, 0.29) is 33.8 Å². The second-order valence-electron chi connectivity index (χ2n) is 6.88. The average molecular weight is 411 g/mol. The van der Waals surface area contributed by atoms with Crippen LogP contribution in [0, 0.1) is 0 Å². The number of nitrogens with one attached hydrogen (secondary N) is 3. The predicted molar refractivity (Wildman–Crippen MR) is 103 cm³/mol. The Balaban J connectivity index is 1.26. The van der Waals surface area contributed by atoms with Gasteiger partial charge in [-0.05, 0) is 25.3 Å². The van der Waals surface area contributed by atoms with Gasteiger partial charge in [-0.3, -0.25) is 9.48 Å². The fourth-order valence-corrected chi connectivity index (χ4v) is 5.26.